The molecule has 0 aromatic heterocycles. The van der Waals surface area contributed by atoms with Crippen LogP contribution in [0.3, 0.4) is 0 Å². The van der Waals surface area contributed by atoms with Crippen molar-refractivity contribution in [2.75, 3.05) is 0 Å². The number of ketones is 1. The quantitative estimate of drug-likeness (QED) is 0.419. The Balaban J connectivity index is 1.59. The maximum Gasteiger partial charge on any atom is 0.197 e. The van der Waals surface area contributed by atoms with E-state index in [1.54, 1.807) is 55.5 Å². The van der Waals surface area contributed by atoms with Gasteiger partial charge in [0.2, 0.25) is 0 Å². The zero-order chi connectivity index (χ0) is 23.6. The lowest BCUT2D eigenvalue weighted by molar-refractivity contribution is -0.244. The Hall–Kier alpha value is -4.57. The van der Waals surface area contributed by atoms with Crippen LogP contribution in [-0.2, 0) is 0 Å². The lowest BCUT2D eigenvalue weighted by atomic mass is 9.86. The molecule has 4 heteroatoms. The van der Waals surface area contributed by atoms with E-state index in [1.165, 1.54) is 12.2 Å². The van der Waals surface area contributed by atoms with Crippen LogP contribution < -0.4 is 21.2 Å². The van der Waals surface area contributed by atoms with Gasteiger partial charge in [-0.05, 0) is 46.4 Å². The molecule has 0 radical (unpaired) electrons. The zero-order valence-electron chi connectivity index (χ0n) is 18.2. The summed E-state index contributed by atoms with van der Waals surface area (Å²) in [6.45, 7) is 1.68. The average molecular weight is 441 g/mol. The maximum atomic E-state index is 13.2. The van der Waals surface area contributed by atoms with E-state index in [1.807, 2.05) is 24.3 Å². The van der Waals surface area contributed by atoms with E-state index in [-0.39, 0.29) is 33.2 Å². The summed E-state index contributed by atoms with van der Waals surface area (Å²) in [6, 6.07) is 21.5. The molecule has 1 aliphatic rings. The molecule has 0 heterocycles. The molecule has 0 saturated carbocycles. The first-order chi connectivity index (χ1) is 16.5. The molecule has 0 amide bonds. The van der Waals surface area contributed by atoms with Crippen molar-refractivity contribution in [3.8, 4) is 0 Å². The van der Waals surface area contributed by atoms with Gasteiger partial charge in [-0.1, -0.05) is 78.6 Å². The Kier molecular flexibility index (Phi) is 4.26. The molecular formula is C30H17O4-. The lowest BCUT2D eigenvalue weighted by Gasteiger charge is -2.25. The first-order valence-electron chi connectivity index (χ1n) is 10.9. The van der Waals surface area contributed by atoms with Gasteiger partial charge in [0.25, 0.3) is 0 Å². The highest BCUT2D eigenvalue weighted by atomic mass is 16.3. The summed E-state index contributed by atoms with van der Waals surface area (Å²) in [5.74, 6) is -0.716. The zero-order valence-corrected chi connectivity index (χ0v) is 18.2. The van der Waals surface area contributed by atoms with Crippen LogP contribution in [0.2, 0.25) is 0 Å². The summed E-state index contributed by atoms with van der Waals surface area (Å²) in [4.78, 5) is 39.6. The van der Waals surface area contributed by atoms with Crippen molar-refractivity contribution in [1.29, 1.82) is 0 Å². The SMILES string of the molecule is CC(=CC1=C([O-])c2cccc3cccc(c23)C1=O)C=c1c(=O)c2cccc3cccc(c1=O)c32. The number of benzene rings is 5. The summed E-state index contributed by atoms with van der Waals surface area (Å²) in [5.41, 5.74) is 0.742. The summed E-state index contributed by atoms with van der Waals surface area (Å²) < 4.78 is 0. The van der Waals surface area contributed by atoms with Gasteiger partial charge in [-0.3, -0.25) is 14.4 Å². The first kappa shape index (κ1) is 20.1. The number of rotatable bonds is 2. The van der Waals surface area contributed by atoms with E-state index in [0.29, 0.717) is 38.2 Å². The van der Waals surface area contributed by atoms with Gasteiger partial charge in [-0.2, -0.15) is 0 Å². The van der Waals surface area contributed by atoms with E-state index in [4.69, 9.17) is 0 Å². The van der Waals surface area contributed by atoms with E-state index in [0.717, 1.165) is 10.8 Å². The summed E-state index contributed by atoms with van der Waals surface area (Å²) in [5, 5.41) is 17.2. The van der Waals surface area contributed by atoms with Gasteiger partial charge in [0.05, 0.1) is 5.22 Å². The highest BCUT2D eigenvalue weighted by molar-refractivity contribution is 6.25. The van der Waals surface area contributed by atoms with Gasteiger partial charge in [-0.25, -0.2) is 0 Å². The molecule has 0 fully saturated rings. The summed E-state index contributed by atoms with van der Waals surface area (Å²) in [6.07, 6.45) is 2.96. The molecule has 34 heavy (non-hydrogen) atoms. The Labute approximate surface area is 193 Å². The second kappa shape index (κ2) is 7.22. The van der Waals surface area contributed by atoms with Crippen molar-refractivity contribution < 1.29 is 9.90 Å². The van der Waals surface area contributed by atoms with Gasteiger partial charge >= 0.3 is 0 Å². The van der Waals surface area contributed by atoms with Crippen LogP contribution in [0.4, 0.5) is 0 Å². The van der Waals surface area contributed by atoms with E-state index < -0.39 is 0 Å². The van der Waals surface area contributed by atoms with Crippen molar-refractivity contribution in [3.63, 3.8) is 0 Å². The molecule has 0 saturated heterocycles. The van der Waals surface area contributed by atoms with E-state index in [9.17, 15) is 19.5 Å². The number of allylic oxidation sites excluding steroid dienone is 3. The highest BCUT2D eigenvalue weighted by Crippen LogP contribution is 2.34. The van der Waals surface area contributed by atoms with Crippen LogP contribution in [0, 0.1) is 0 Å². The third-order valence-electron chi connectivity index (χ3n) is 6.51. The third kappa shape index (κ3) is 2.75. The summed E-state index contributed by atoms with van der Waals surface area (Å²) in [7, 11) is 0. The van der Waals surface area contributed by atoms with Gasteiger partial charge < -0.3 is 5.11 Å². The monoisotopic (exact) mass is 441 g/mol. The summed E-state index contributed by atoms with van der Waals surface area (Å²) >= 11 is 0. The first-order valence-corrected chi connectivity index (χ1v) is 10.9. The van der Waals surface area contributed by atoms with Crippen LogP contribution >= 0.6 is 0 Å². The Morgan fingerprint density at radius 1 is 0.706 bits per heavy atom. The van der Waals surface area contributed by atoms with Crippen LogP contribution in [-0.4, -0.2) is 5.78 Å². The van der Waals surface area contributed by atoms with Crippen molar-refractivity contribution in [2.24, 2.45) is 0 Å². The predicted molar refractivity (Wildman–Crippen MR) is 134 cm³/mol. The van der Waals surface area contributed by atoms with Gasteiger partial charge in [-0.15, -0.1) is 0 Å². The fourth-order valence-corrected chi connectivity index (χ4v) is 4.98. The maximum absolute atomic E-state index is 13.2. The molecule has 5 aromatic carbocycles. The molecule has 1 aliphatic carbocycles. The van der Waals surface area contributed by atoms with Crippen molar-refractivity contribution >= 4 is 49.9 Å². The molecule has 5 aromatic rings. The van der Waals surface area contributed by atoms with Crippen LogP contribution in [0.15, 0.2) is 99.6 Å². The lowest BCUT2D eigenvalue weighted by Crippen LogP contribution is -2.38. The molecule has 0 unspecified atom stereocenters. The topological polar surface area (TPSA) is 74.3 Å². The molecule has 0 atom stereocenters. The molecular weight excluding hydrogens is 424 g/mol. The second-order valence-corrected chi connectivity index (χ2v) is 8.60. The van der Waals surface area contributed by atoms with Gasteiger partial charge in [0.15, 0.2) is 16.6 Å². The van der Waals surface area contributed by atoms with Gasteiger partial charge in [0, 0.05) is 27.3 Å². The number of hydrogen-bond acceptors (Lipinski definition) is 4. The number of carbonyl (C=O) groups excluding carboxylic acids is 1. The second-order valence-electron chi connectivity index (χ2n) is 8.60. The van der Waals surface area contributed by atoms with Crippen molar-refractivity contribution in [3.05, 3.63) is 127 Å². The molecule has 0 spiro atoms. The Morgan fingerprint density at radius 2 is 1.24 bits per heavy atom. The van der Waals surface area contributed by atoms with Crippen LogP contribution in [0.25, 0.3) is 44.2 Å². The minimum absolute atomic E-state index is 0.0266. The number of carbonyl (C=O) groups is 1. The van der Waals surface area contributed by atoms with Crippen LogP contribution in [0.5, 0.6) is 0 Å². The van der Waals surface area contributed by atoms with E-state index in [2.05, 4.69) is 0 Å². The minimum Gasteiger partial charge on any atom is -0.872 e. The fourth-order valence-electron chi connectivity index (χ4n) is 4.98. The van der Waals surface area contributed by atoms with Gasteiger partial charge in [0.1, 0.15) is 0 Å². The fraction of sp³-hybridized carbons (Fsp3) is 0.0333. The van der Waals surface area contributed by atoms with Crippen molar-refractivity contribution in [1.82, 2.24) is 0 Å². The predicted octanol–water partition coefficient (Wildman–Crippen LogP) is 3.72. The number of hydrogen-bond donors (Lipinski definition) is 0. The highest BCUT2D eigenvalue weighted by Gasteiger charge is 2.22. The molecule has 0 aliphatic heterocycles. The Morgan fingerprint density at radius 3 is 1.85 bits per heavy atom. The standard InChI is InChI=1S/C30H18O4/c1-16(14-23-27(31)19-10-2-6-17-7-3-11-20(25(17)19)28(23)32)15-24-29(33)21-12-4-8-18-9-5-13-22(26(18)21)30(24)34/h2-15,31H,1H3/p-1. The smallest absolute Gasteiger partial charge is 0.197 e. The van der Waals surface area contributed by atoms with Crippen molar-refractivity contribution in [2.45, 2.75) is 6.92 Å². The molecule has 162 valence electrons. The van der Waals surface area contributed by atoms with Crippen LogP contribution in [0.1, 0.15) is 22.8 Å². The largest absolute Gasteiger partial charge is 0.872 e. The normalized spacial score (nSPS) is 13.9. The average Bonchev–Trinajstić information content (AvgIpc) is 2.86. The number of Topliss-reactive ketones (excluding diaryl/α,β-unsaturated/α-hetero) is 1. The molecule has 4 nitrogen and oxygen atoms in total. The minimum atomic E-state index is -0.358. The molecule has 6 rings (SSSR count). The Bertz CT molecular complexity index is 1860. The van der Waals surface area contributed by atoms with E-state index >= 15 is 0 Å². The third-order valence-corrected chi connectivity index (χ3v) is 6.51. The molecule has 0 N–H and O–H groups in total. The molecule has 0 bridgehead atoms.